The zero-order chi connectivity index (χ0) is 16.3. The van der Waals surface area contributed by atoms with Crippen molar-refractivity contribution in [3.05, 3.63) is 34.4 Å². The van der Waals surface area contributed by atoms with Crippen LogP contribution in [-0.2, 0) is 22.6 Å². The fourth-order valence-corrected chi connectivity index (χ4v) is 2.65. The Morgan fingerprint density at radius 1 is 1.45 bits per heavy atom. The highest BCUT2D eigenvalue weighted by Gasteiger charge is 2.31. The number of allylic oxidation sites excluding steroid dienone is 1. The molecule has 2 N–H and O–H groups in total. The summed E-state index contributed by atoms with van der Waals surface area (Å²) in [6.07, 6.45) is 4.29. The van der Waals surface area contributed by atoms with Crippen LogP contribution in [0.25, 0.3) is 0 Å². The van der Waals surface area contributed by atoms with Gasteiger partial charge in [-0.3, -0.25) is 0 Å². The molecule has 0 saturated heterocycles. The number of methoxy groups -OCH3 is 1. The molecule has 0 saturated carbocycles. The third-order valence-corrected chi connectivity index (χ3v) is 3.71. The summed E-state index contributed by atoms with van der Waals surface area (Å²) >= 11 is 0. The van der Waals surface area contributed by atoms with E-state index in [9.17, 15) is 14.7 Å². The van der Waals surface area contributed by atoms with E-state index < -0.39 is 11.9 Å². The number of ether oxygens (including phenoxy) is 2. The number of fused-ring (bicyclic) bond motifs is 1. The second kappa shape index (κ2) is 6.51. The number of cyclic esters (lactones) is 1. The molecule has 118 valence electrons. The smallest absolute Gasteiger partial charge is 0.342 e. The van der Waals surface area contributed by atoms with Crippen molar-refractivity contribution in [2.45, 2.75) is 32.8 Å². The number of unbranched alkanes of at least 4 members (excludes halogenated alkanes) is 1. The quantitative estimate of drug-likeness (QED) is 0.476. The van der Waals surface area contributed by atoms with Gasteiger partial charge in [-0.1, -0.05) is 6.08 Å². The highest BCUT2D eigenvalue weighted by Crippen LogP contribution is 2.42. The molecular formula is C16H18O6. The van der Waals surface area contributed by atoms with Gasteiger partial charge in [-0.05, 0) is 31.7 Å². The second-order valence-electron chi connectivity index (χ2n) is 5.05. The molecule has 6 nitrogen and oxygen atoms in total. The standard InChI is InChI=1S/C16H18O6/c1-9-11-8-22-16(20)13(11)14(19)10(15(9)21-2)6-4-3-5-7-12(17)18/h5,7,19H,3-4,6,8H2,1-2H3,(H,17,18)/b7-5+. The molecule has 0 bridgehead atoms. The zero-order valence-corrected chi connectivity index (χ0v) is 12.5. The number of phenols is 1. The lowest BCUT2D eigenvalue weighted by Gasteiger charge is -2.16. The molecule has 1 aromatic carbocycles. The van der Waals surface area contributed by atoms with Gasteiger partial charge in [0.1, 0.15) is 23.7 Å². The van der Waals surface area contributed by atoms with E-state index >= 15 is 0 Å². The Kier molecular flexibility index (Phi) is 4.70. The molecule has 22 heavy (non-hydrogen) atoms. The lowest BCUT2D eigenvalue weighted by atomic mass is 9.94. The summed E-state index contributed by atoms with van der Waals surface area (Å²) in [5.74, 6) is -1.05. The number of benzene rings is 1. The van der Waals surface area contributed by atoms with Crippen molar-refractivity contribution in [3.8, 4) is 11.5 Å². The monoisotopic (exact) mass is 306 g/mol. The van der Waals surface area contributed by atoms with Crippen LogP contribution in [0.2, 0.25) is 0 Å². The first-order chi connectivity index (χ1) is 10.5. The average Bonchev–Trinajstić information content (AvgIpc) is 2.86. The highest BCUT2D eigenvalue weighted by molar-refractivity contribution is 5.98. The van der Waals surface area contributed by atoms with Gasteiger partial charge in [0.15, 0.2) is 0 Å². The highest BCUT2D eigenvalue weighted by atomic mass is 16.5. The van der Waals surface area contributed by atoms with Gasteiger partial charge < -0.3 is 19.7 Å². The maximum atomic E-state index is 11.7. The fraction of sp³-hybridized carbons (Fsp3) is 0.375. The van der Waals surface area contributed by atoms with Crippen molar-refractivity contribution < 1.29 is 29.3 Å². The van der Waals surface area contributed by atoms with Crippen LogP contribution in [0.5, 0.6) is 11.5 Å². The molecule has 2 rings (SSSR count). The van der Waals surface area contributed by atoms with Crippen LogP contribution in [0.3, 0.4) is 0 Å². The molecule has 0 aliphatic carbocycles. The Hall–Kier alpha value is -2.50. The summed E-state index contributed by atoms with van der Waals surface area (Å²) < 4.78 is 10.4. The first kappa shape index (κ1) is 15.9. The lowest BCUT2D eigenvalue weighted by Crippen LogP contribution is -2.03. The van der Waals surface area contributed by atoms with Gasteiger partial charge >= 0.3 is 11.9 Å². The van der Waals surface area contributed by atoms with Gasteiger partial charge in [0.05, 0.1) is 7.11 Å². The SMILES string of the molecule is COc1c(C)c2c(c(O)c1CCC/C=C/C(=O)O)C(=O)OC2. The summed E-state index contributed by atoms with van der Waals surface area (Å²) in [5, 5.41) is 18.9. The molecule has 0 unspecified atom stereocenters. The van der Waals surface area contributed by atoms with E-state index in [1.807, 2.05) is 6.92 Å². The zero-order valence-electron chi connectivity index (χ0n) is 12.5. The molecule has 0 atom stereocenters. The van der Waals surface area contributed by atoms with Crippen molar-refractivity contribution in [1.29, 1.82) is 0 Å². The van der Waals surface area contributed by atoms with E-state index in [4.69, 9.17) is 14.6 Å². The summed E-state index contributed by atoms with van der Waals surface area (Å²) in [5.41, 5.74) is 2.22. The van der Waals surface area contributed by atoms with Crippen LogP contribution in [0.1, 0.15) is 39.9 Å². The third-order valence-electron chi connectivity index (χ3n) is 3.71. The Morgan fingerprint density at radius 3 is 2.82 bits per heavy atom. The van der Waals surface area contributed by atoms with Gasteiger partial charge in [0, 0.05) is 17.2 Å². The molecule has 1 aromatic rings. The molecule has 1 aliphatic heterocycles. The van der Waals surface area contributed by atoms with Crippen LogP contribution < -0.4 is 4.74 Å². The molecule has 1 aliphatic rings. The van der Waals surface area contributed by atoms with Gasteiger partial charge in [-0.2, -0.15) is 0 Å². The Morgan fingerprint density at radius 2 is 2.18 bits per heavy atom. The Bertz CT molecular complexity index is 645. The minimum absolute atomic E-state index is 0.0952. The summed E-state index contributed by atoms with van der Waals surface area (Å²) in [6.45, 7) is 1.97. The molecular weight excluding hydrogens is 288 g/mol. The summed E-state index contributed by atoms with van der Waals surface area (Å²) in [4.78, 5) is 22.1. The molecule has 0 spiro atoms. The first-order valence-corrected chi connectivity index (χ1v) is 6.95. The Balaban J connectivity index is 2.27. The van der Waals surface area contributed by atoms with Crippen molar-refractivity contribution in [1.82, 2.24) is 0 Å². The van der Waals surface area contributed by atoms with Crippen molar-refractivity contribution in [2.75, 3.05) is 7.11 Å². The number of aliphatic carboxylic acids is 1. The number of carboxylic acids is 1. The molecule has 1 heterocycles. The number of carboxylic acid groups (broad SMARTS) is 1. The lowest BCUT2D eigenvalue weighted by molar-refractivity contribution is -0.131. The number of aromatic hydroxyl groups is 1. The van der Waals surface area contributed by atoms with E-state index in [1.54, 1.807) is 6.08 Å². The minimum atomic E-state index is -0.989. The largest absolute Gasteiger partial charge is 0.507 e. The Labute approximate surface area is 128 Å². The van der Waals surface area contributed by atoms with Gasteiger partial charge in [-0.25, -0.2) is 9.59 Å². The molecule has 0 fully saturated rings. The number of esters is 1. The molecule has 0 amide bonds. The van der Waals surface area contributed by atoms with E-state index in [1.165, 1.54) is 7.11 Å². The number of carbonyl (C=O) groups excluding carboxylic acids is 1. The van der Waals surface area contributed by atoms with Gasteiger partial charge in [0.2, 0.25) is 0 Å². The number of carbonyl (C=O) groups is 2. The topological polar surface area (TPSA) is 93.1 Å². The van der Waals surface area contributed by atoms with E-state index in [0.717, 1.165) is 11.6 Å². The maximum Gasteiger partial charge on any atom is 0.342 e. The molecule has 6 heteroatoms. The van der Waals surface area contributed by atoms with Gasteiger partial charge in [0.25, 0.3) is 0 Å². The van der Waals surface area contributed by atoms with Crippen LogP contribution in [0.4, 0.5) is 0 Å². The predicted octanol–water partition coefficient (Wildman–Crippen LogP) is 2.34. The number of hydrogen-bond donors (Lipinski definition) is 2. The van der Waals surface area contributed by atoms with Crippen LogP contribution >= 0.6 is 0 Å². The molecule has 0 radical (unpaired) electrons. The van der Waals surface area contributed by atoms with E-state index in [2.05, 4.69) is 0 Å². The maximum absolute atomic E-state index is 11.7. The van der Waals surface area contributed by atoms with E-state index in [0.29, 0.717) is 36.1 Å². The number of rotatable bonds is 6. The number of phenolic OH excluding ortho intramolecular Hbond substituents is 1. The predicted molar refractivity (Wildman–Crippen MR) is 78.2 cm³/mol. The summed E-state index contributed by atoms with van der Waals surface area (Å²) in [7, 11) is 1.51. The normalized spacial score (nSPS) is 13.3. The van der Waals surface area contributed by atoms with Crippen molar-refractivity contribution in [3.63, 3.8) is 0 Å². The summed E-state index contributed by atoms with van der Waals surface area (Å²) in [6, 6.07) is 0. The van der Waals surface area contributed by atoms with Crippen molar-refractivity contribution in [2.24, 2.45) is 0 Å². The second-order valence-corrected chi connectivity index (χ2v) is 5.05. The third kappa shape index (κ3) is 2.90. The number of hydrogen-bond acceptors (Lipinski definition) is 5. The van der Waals surface area contributed by atoms with Crippen LogP contribution in [0, 0.1) is 6.92 Å². The average molecular weight is 306 g/mol. The fourth-order valence-electron chi connectivity index (χ4n) is 2.65. The van der Waals surface area contributed by atoms with Gasteiger partial charge in [-0.15, -0.1) is 0 Å². The van der Waals surface area contributed by atoms with Crippen molar-refractivity contribution >= 4 is 11.9 Å². The van der Waals surface area contributed by atoms with Crippen LogP contribution in [-0.4, -0.2) is 29.3 Å². The van der Waals surface area contributed by atoms with Crippen LogP contribution in [0.15, 0.2) is 12.2 Å². The minimum Gasteiger partial charge on any atom is -0.507 e. The first-order valence-electron chi connectivity index (χ1n) is 6.95. The molecule has 0 aromatic heterocycles. The van der Waals surface area contributed by atoms with E-state index in [-0.39, 0.29) is 17.9 Å².